The van der Waals surface area contributed by atoms with Gasteiger partial charge in [-0.25, -0.2) is 4.39 Å². The second kappa shape index (κ2) is 4.62. The fourth-order valence-corrected chi connectivity index (χ4v) is 1.99. The van der Waals surface area contributed by atoms with Gasteiger partial charge >= 0.3 is 0 Å². The fourth-order valence-electron chi connectivity index (χ4n) is 1.99. The summed E-state index contributed by atoms with van der Waals surface area (Å²) in [6.45, 7) is 2.39. The highest BCUT2D eigenvalue weighted by atomic mass is 19.1. The quantitative estimate of drug-likeness (QED) is 0.813. The maximum atomic E-state index is 13.3. The first kappa shape index (κ1) is 11.7. The zero-order valence-corrected chi connectivity index (χ0v) is 9.91. The molecule has 0 spiro atoms. The number of benzene rings is 1. The molecule has 0 radical (unpaired) electrons. The third-order valence-electron chi connectivity index (χ3n) is 3.07. The van der Waals surface area contributed by atoms with E-state index in [1.54, 1.807) is 13.0 Å². The third-order valence-corrected chi connectivity index (χ3v) is 3.07. The van der Waals surface area contributed by atoms with E-state index in [4.69, 9.17) is 11.0 Å². The van der Waals surface area contributed by atoms with Gasteiger partial charge in [0.1, 0.15) is 5.82 Å². The highest BCUT2D eigenvalue weighted by molar-refractivity contribution is 5.69. The average molecular weight is 233 g/mol. The van der Waals surface area contributed by atoms with Gasteiger partial charge in [-0.2, -0.15) is 5.26 Å². The van der Waals surface area contributed by atoms with Crippen molar-refractivity contribution in [1.29, 1.82) is 5.26 Å². The number of nitrogens with two attached hydrogens (primary N) is 1. The lowest BCUT2D eigenvalue weighted by atomic mass is 10.1. The number of anilines is 2. The van der Waals surface area contributed by atoms with Crippen LogP contribution < -0.4 is 10.6 Å². The lowest BCUT2D eigenvalue weighted by Crippen LogP contribution is -2.27. The van der Waals surface area contributed by atoms with Crippen LogP contribution in [0, 0.1) is 24.1 Å². The summed E-state index contributed by atoms with van der Waals surface area (Å²) >= 11 is 0. The Labute approximate surface area is 101 Å². The van der Waals surface area contributed by atoms with Gasteiger partial charge in [-0.05, 0) is 37.5 Å². The van der Waals surface area contributed by atoms with Gasteiger partial charge in [-0.1, -0.05) is 0 Å². The van der Waals surface area contributed by atoms with Crippen molar-refractivity contribution < 1.29 is 4.39 Å². The Balaban J connectivity index is 2.29. The number of hydrogen-bond acceptors (Lipinski definition) is 3. The van der Waals surface area contributed by atoms with Gasteiger partial charge < -0.3 is 10.6 Å². The number of nitriles is 1. The van der Waals surface area contributed by atoms with Crippen molar-refractivity contribution in [1.82, 2.24) is 0 Å². The summed E-state index contributed by atoms with van der Waals surface area (Å²) in [7, 11) is 0. The Kier molecular flexibility index (Phi) is 3.19. The van der Waals surface area contributed by atoms with Crippen LogP contribution in [0.5, 0.6) is 0 Å². The molecule has 0 atom stereocenters. The zero-order valence-electron chi connectivity index (χ0n) is 9.91. The number of hydrogen-bond donors (Lipinski definition) is 1. The van der Waals surface area contributed by atoms with E-state index in [2.05, 4.69) is 11.0 Å². The van der Waals surface area contributed by atoms with E-state index in [0.29, 0.717) is 30.3 Å². The average Bonchev–Trinajstić information content (AvgIpc) is 3.10. The number of aryl methyl sites for hydroxylation is 1. The van der Waals surface area contributed by atoms with E-state index in [9.17, 15) is 4.39 Å². The first-order valence-electron chi connectivity index (χ1n) is 5.82. The number of nitrogens with zero attached hydrogens (tertiary/aromatic N) is 2. The molecule has 0 amide bonds. The van der Waals surface area contributed by atoms with Crippen molar-refractivity contribution in [3.8, 4) is 6.07 Å². The number of rotatable bonds is 4. The number of halogens is 1. The zero-order chi connectivity index (χ0) is 12.4. The lowest BCUT2D eigenvalue weighted by molar-refractivity contribution is 0.618. The molecule has 1 fully saturated rings. The van der Waals surface area contributed by atoms with Crippen LogP contribution in [0.4, 0.5) is 15.8 Å². The molecule has 1 aromatic rings. The summed E-state index contributed by atoms with van der Waals surface area (Å²) in [6, 6.07) is 5.75. The van der Waals surface area contributed by atoms with Crippen molar-refractivity contribution in [2.75, 3.05) is 17.2 Å². The molecule has 0 heterocycles. The molecule has 2 N–H and O–H groups in total. The standard InChI is InChI=1S/C13H16FN3/c1-9-7-13(12(16)8-11(9)14)17(6-2-5-15)10-3-4-10/h7-8,10H,2-4,6,16H2,1H3. The molecule has 0 unspecified atom stereocenters. The Morgan fingerprint density at radius 2 is 2.24 bits per heavy atom. The normalized spacial score (nSPS) is 14.4. The van der Waals surface area contributed by atoms with E-state index in [1.807, 2.05) is 0 Å². The Morgan fingerprint density at radius 1 is 1.53 bits per heavy atom. The monoisotopic (exact) mass is 233 g/mol. The van der Waals surface area contributed by atoms with Crippen molar-refractivity contribution in [3.05, 3.63) is 23.5 Å². The van der Waals surface area contributed by atoms with Gasteiger partial charge in [0.05, 0.1) is 23.9 Å². The third kappa shape index (κ3) is 2.50. The van der Waals surface area contributed by atoms with E-state index < -0.39 is 0 Å². The van der Waals surface area contributed by atoms with Crippen LogP contribution in [0.15, 0.2) is 12.1 Å². The van der Waals surface area contributed by atoms with Gasteiger partial charge in [0.2, 0.25) is 0 Å². The van der Waals surface area contributed by atoms with E-state index >= 15 is 0 Å². The van der Waals surface area contributed by atoms with Crippen LogP contribution in [-0.2, 0) is 0 Å². The van der Waals surface area contributed by atoms with Crippen LogP contribution in [0.2, 0.25) is 0 Å². The van der Waals surface area contributed by atoms with E-state index in [-0.39, 0.29) is 5.82 Å². The van der Waals surface area contributed by atoms with Crippen LogP contribution in [0.25, 0.3) is 0 Å². The summed E-state index contributed by atoms with van der Waals surface area (Å²) in [5, 5.41) is 8.66. The Hall–Kier alpha value is -1.76. The maximum absolute atomic E-state index is 13.3. The summed E-state index contributed by atoms with van der Waals surface area (Å²) in [5.74, 6) is -0.276. The van der Waals surface area contributed by atoms with Crippen molar-refractivity contribution in [2.24, 2.45) is 0 Å². The Morgan fingerprint density at radius 3 is 2.82 bits per heavy atom. The molecule has 1 saturated carbocycles. The molecule has 90 valence electrons. The highest BCUT2D eigenvalue weighted by Gasteiger charge is 2.30. The molecule has 0 bridgehead atoms. The van der Waals surface area contributed by atoms with Crippen molar-refractivity contribution >= 4 is 11.4 Å². The summed E-state index contributed by atoms with van der Waals surface area (Å²) in [5.41, 5.74) is 7.78. The molecule has 4 heteroatoms. The Bertz CT molecular complexity index is 460. The smallest absolute Gasteiger partial charge is 0.128 e. The minimum atomic E-state index is -0.276. The predicted molar refractivity (Wildman–Crippen MR) is 66.1 cm³/mol. The topological polar surface area (TPSA) is 53.0 Å². The molecule has 3 nitrogen and oxygen atoms in total. The fraction of sp³-hybridized carbons (Fsp3) is 0.462. The van der Waals surface area contributed by atoms with Gasteiger partial charge in [0.25, 0.3) is 0 Å². The van der Waals surface area contributed by atoms with Crippen LogP contribution in [-0.4, -0.2) is 12.6 Å². The van der Waals surface area contributed by atoms with Gasteiger partial charge in [0, 0.05) is 12.6 Å². The highest BCUT2D eigenvalue weighted by Crippen LogP contribution is 2.35. The summed E-state index contributed by atoms with van der Waals surface area (Å²) in [4.78, 5) is 2.13. The molecule has 1 aliphatic carbocycles. The maximum Gasteiger partial charge on any atom is 0.128 e. The first-order chi connectivity index (χ1) is 8.13. The van der Waals surface area contributed by atoms with Gasteiger partial charge in [-0.3, -0.25) is 0 Å². The van der Waals surface area contributed by atoms with Gasteiger partial charge in [0.15, 0.2) is 0 Å². The number of nitrogen functional groups attached to an aromatic ring is 1. The van der Waals surface area contributed by atoms with E-state index in [0.717, 1.165) is 18.5 Å². The lowest BCUT2D eigenvalue weighted by Gasteiger charge is -2.25. The van der Waals surface area contributed by atoms with Crippen LogP contribution in [0.3, 0.4) is 0 Å². The first-order valence-corrected chi connectivity index (χ1v) is 5.82. The molecule has 2 rings (SSSR count). The summed E-state index contributed by atoms with van der Waals surface area (Å²) in [6.07, 6.45) is 2.72. The van der Waals surface area contributed by atoms with Crippen LogP contribution in [0.1, 0.15) is 24.8 Å². The molecule has 0 saturated heterocycles. The van der Waals surface area contributed by atoms with Crippen molar-refractivity contribution in [3.63, 3.8) is 0 Å². The minimum Gasteiger partial charge on any atom is -0.397 e. The van der Waals surface area contributed by atoms with Crippen LogP contribution >= 0.6 is 0 Å². The molecule has 1 aromatic carbocycles. The SMILES string of the molecule is Cc1cc(N(CCC#N)C2CC2)c(N)cc1F. The molecular formula is C13H16FN3. The van der Waals surface area contributed by atoms with E-state index in [1.165, 1.54) is 6.07 Å². The molecule has 0 aliphatic heterocycles. The minimum absolute atomic E-state index is 0.276. The second-order valence-corrected chi connectivity index (χ2v) is 4.49. The van der Waals surface area contributed by atoms with Gasteiger partial charge in [-0.15, -0.1) is 0 Å². The van der Waals surface area contributed by atoms with Crippen molar-refractivity contribution in [2.45, 2.75) is 32.2 Å². The predicted octanol–water partition coefficient (Wildman–Crippen LogP) is 2.60. The largest absolute Gasteiger partial charge is 0.397 e. The molecular weight excluding hydrogens is 217 g/mol. The second-order valence-electron chi connectivity index (χ2n) is 4.49. The molecule has 0 aromatic heterocycles. The molecule has 17 heavy (non-hydrogen) atoms. The summed E-state index contributed by atoms with van der Waals surface area (Å²) < 4.78 is 13.3. The molecule has 1 aliphatic rings.